The smallest absolute Gasteiger partial charge is 0.258 e. The number of rotatable bonds is 2. The molecule has 2 amide bonds. The topological polar surface area (TPSA) is 55.5 Å². The van der Waals surface area contributed by atoms with E-state index in [9.17, 15) is 9.59 Å². The second-order valence-electron chi connectivity index (χ2n) is 4.73. The molecule has 2 aromatic heterocycles. The number of aromatic nitrogens is 1. The standard InChI is InChI=1S/C16H10N2O3/c19-15-5-6-16(20)18(15)14-9-17(11-7-8-21-10-11)13-4-2-1-3-12(13)14/h1-10H. The zero-order chi connectivity index (χ0) is 14.4. The van der Waals surface area contributed by atoms with Crippen molar-refractivity contribution in [3.8, 4) is 5.69 Å². The molecule has 0 atom stereocenters. The van der Waals surface area contributed by atoms with Crippen molar-refractivity contribution < 1.29 is 14.0 Å². The molecule has 102 valence electrons. The number of hydrogen-bond acceptors (Lipinski definition) is 3. The number of carbonyl (C=O) groups is 2. The second kappa shape index (κ2) is 4.21. The van der Waals surface area contributed by atoms with Crippen molar-refractivity contribution in [3.05, 3.63) is 61.2 Å². The number of fused-ring (bicyclic) bond motifs is 1. The van der Waals surface area contributed by atoms with Gasteiger partial charge in [0.25, 0.3) is 11.8 Å². The fourth-order valence-electron chi connectivity index (χ4n) is 2.59. The Morgan fingerprint density at radius 1 is 0.952 bits per heavy atom. The molecule has 0 saturated carbocycles. The summed E-state index contributed by atoms with van der Waals surface area (Å²) in [6.45, 7) is 0. The summed E-state index contributed by atoms with van der Waals surface area (Å²) >= 11 is 0. The van der Waals surface area contributed by atoms with Crippen LogP contribution in [-0.4, -0.2) is 16.4 Å². The molecular formula is C16H10N2O3. The molecule has 1 aliphatic rings. The zero-order valence-corrected chi connectivity index (χ0v) is 10.9. The van der Waals surface area contributed by atoms with E-state index in [-0.39, 0.29) is 11.8 Å². The molecule has 5 heteroatoms. The number of imide groups is 1. The molecule has 5 nitrogen and oxygen atoms in total. The van der Waals surface area contributed by atoms with E-state index < -0.39 is 0 Å². The van der Waals surface area contributed by atoms with Crippen LogP contribution in [0.3, 0.4) is 0 Å². The molecule has 0 spiro atoms. The van der Waals surface area contributed by atoms with Crippen LogP contribution in [0.1, 0.15) is 0 Å². The number of amides is 2. The van der Waals surface area contributed by atoms with E-state index in [0.29, 0.717) is 5.69 Å². The molecule has 0 aliphatic carbocycles. The summed E-state index contributed by atoms with van der Waals surface area (Å²) in [4.78, 5) is 25.0. The van der Waals surface area contributed by atoms with E-state index in [2.05, 4.69) is 0 Å². The molecule has 0 unspecified atom stereocenters. The van der Waals surface area contributed by atoms with Gasteiger partial charge in [-0.05, 0) is 6.07 Å². The van der Waals surface area contributed by atoms with Gasteiger partial charge in [-0.2, -0.15) is 0 Å². The van der Waals surface area contributed by atoms with Crippen LogP contribution >= 0.6 is 0 Å². The summed E-state index contributed by atoms with van der Waals surface area (Å²) in [7, 11) is 0. The molecule has 0 saturated heterocycles. The fraction of sp³-hybridized carbons (Fsp3) is 0. The molecule has 0 radical (unpaired) electrons. The van der Waals surface area contributed by atoms with Crippen LogP contribution in [0.2, 0.25) is 0 Å². The number of nitrogens with zero attached hydrogens (tertiary/aromatic N) is 2. The average Bonchev–Trinajstić information content (AvgIpc) is 3.19. The Bertz CT molecular complexity index is 870. The Kier molecular flexibility index (Phi) is 2.35. The third-order valence-electron chi connectivity index (χ3n) is 3.53. The van der Waals surface area contributed by atoms with Crippen molar-refractivity contribution >= 4 is 28.4 Å². The molecule has 0 bridgehead atoms. The van der Waals surface area contributed by atoms with Gasteiger partial charge in [0.15, 0.2) is 0 Å². The van der Waals surface area contributed by atoms with Gasteiger partial charge in [0, 0.05) is 29.8 Å². The Labute approximate surface area is 119 Å². The van der Waals surface area contributed by atoms with Crippen molar-refractivity contribution in [1.29, 1.82) is 0 Å². The summed E-state index contributed by atoms with van der Waals surface area (Å²) in [5.41, 5.74) is 2.32. The van der Waals surface area contributed by atoms with E-state index in [4.69, 9.17) is 4.42 Å². The first kappa shape index (κ1) is 11.7. The zero-order valence-electron chi connectivity index (χ0n) is 10.9. The van der Waals surface area contributed by atoms with Crippen LogP contribution in [0.15, 0.2) is 65.6 Å². The van der Waals surface area contributed by atoms with Crippen LogP contribution in [0.4, 0.5) is 5.69 Å². The highest BCUT2D eigenvalue weighted by Crippen LogP contribution is 2.33. The molecule has 1 aliphatic heterocycles. The minimum absolute atomic E-state index is 0.324. The summed E-state index contributed by atoms with van der Waals surface area (Å²) < 4.78 is 7.01. The lowest BCUT2D eigenvalue weighted by molar-refractivity contribution is -0.119. The van der Waals surface area contributed by atoms with E-state index in [0.717, 1.165) is 16.6 Å². The monoisotopic (exact) mass is 278 g/mol. The number of furan rings is 1. The van der Waals surface area contributed by atoms with Crippen LogP contribution in [0.5, 0.6) is 0 Å². The summed E-state index contributed by atoms with van der Waals surface area (Å²) in [5.74, 6) is -0.648. The predicted molar refractivity (Wildman–Crippen MR) is 77.2 cm³/mol. The van der Waals surface area contributed by atoms with E-state index in [1.165, 1.54) is 17.1 Å². The summed E-state index contributed by atoms with van der Waals surface area (Å²) in [5, 5.41) is 0.837. The third-order valence-corrected chi connectivity index (χ3v) is 3.53. The Morgan fingerprint density at radius 2 is 1.71 bits per heavy atom. The first-order valence-electron chi connectivity index (χ1n) is 6.44. The van der Waals surface area contributed by atoms with Crippen LogP contribution < -0.4 is 4.90 Å². The SMILES string of the molecule is O=C1C=CC(=O)N1c1cn(-c2ccoc2)c2ccccc12. The van der Waals surface area contributed by atoms with Crippen LogP contribution in [0, 0.1) is 0 Å². The fourth-order valence-corrected chi connectivity index (χ4v) is 2.59. The Balaban J connectivity index is 1.99. The van der Waals surface area contributed by atoms with Gasteiger partial charge in [-0.1, -0.05) is 18.2 Å². The molecule has 1 aromatic carbocycles. The van der Waals surface area contributed by atoms with Gasteiger partial charge in [0.05, 0.1) is 23.2 Å². The molecule has 21 heavy (non-hydrogen) atoms. The van der Waals surface area contributed by atoms with Crippen LogP contribution in [-0.2, 0) is 9.59 Å². The van der Waals surface area contributed by atoms with Gasteiger partial charge >= 0.3 is 0 Å². The maximum atomic E-state index is 11.9. The second-order valence-corrected chi connectivity index (χ2v) is 4.73. The first-order valence-corrected chi connectivity index (χ1v) is 6.44. The Morgan fingerprint density at radius 3 is 2.43 bits per heavy atom. The average molecular weight is 278 g/mol. The van der Waals surface area contributed by atoms with Gasteiger partial charge in [-0.3, -0.25) is 9.59 Å². The number of para-hydroxylation sites is 1. The molecule has 4 rings (SSSR count). The highest BCUT2D eigenvalue weighted by atomic mass is 16.3. The van der Waals surface area contributed by atoms with Crippen molar-refractivity contribution in [2.75, 3.05) is 4.90 Å². The Hall–Kier alpha value is -3.08. The lowest BCUT2D eigenvalue weighted by Gasteiger charge is -2.11. The normalized spacial score (nSPS) is 14.6. The van der Waals surface area contributed by atoms with Crippen molar-refractivity contribution in [2.24, 2.45) is 0 Å². The van der Waals surface area contributed by atoms with Gasteiger partial charge < -0.3 is 8.98 Å². The quantitative estimate of drug-likeness (QED) is 0.677. The van der Waals surface area contributed by atoms with Crippen molar-refractivity contribution in [2.45, 2.75) is 0 Å². The first-order chi connectivity index (χ1) is 10.3. The van der Waals surface area contributed by atoms with Gasteiger partial charge in [-0.15, -0.1) is 0 Å². The maximum absolute atomic E-state index is 11.9. The van der Waals surface area contributed by atoms with E-state index in [1.807, 2.05) is 34.9 Å². The number of hydrogen-bond donors (Lipinski definition) is 0. The molecule has 0 fully saturated rings. The van der Waals surface area contributed by atoms with E-state index in [1.54, 1.807) is 18.7 Å². The van der Waals surface area contributed by atoms with Gasteiger partial charge in [0.1, 0.15) is 6.26 Å². The molecular weight excluding hydrogens is 268 g/mol. The number of anilines is 1. The van der Waals surface area contributed by atoms with Crippen molar-refractivity contribution in [1.82, 2.24) is 4.57 Å². The molecule has 3 heterocycles. The lowest BCUT2D eigenvalue weighted by atomic mass is 10.2. The van der Waals surface area contributed by atoms with Crippen LogP contribution in [0.25, 0.3) is 16.6 Å². The summed E-state index contributed by atoms with van der Waals surface area (Å²) in [6.07, 6.45) is 7.54. The minimum Gasteiger partial charge on any atom is -0.470 e. The van der Waals surface area contributed by atoms with Gasteiger partial charge in [0.2, 0.25) is 0 Å². The number of carbonyl (C=O) groups excluding carboxylic acids is 2. The van der Waals surface area contributed by atoms with E-state index >= 15 is 0 Å². The highest BCUT2D eigenvalue weighted by molar-refractivity contribution is 6.30. The number of benzene rings is 1. The van der Waals surface area contributed by atoms with Crippen molar-refractivity contribution in [3.63, 3.8) is 0 Å². The van der Waals surface area contributed by atoms with Gasteiger partial charge in [-0.25, -0.2) is 4.90 Å². The molecule has 0 N–H and O–H groups in total. The maximum Gasteiger partial charge on any atom is 0.258 e. The minimum atomic E-state index is -0.324. The molecule has 3 aromatic rings. The predicted octanol–water partition coefficient (Wildman–Crippen LogP) is 2.65. The highest BCUT2D eigenvalue weighted by Gasteiger charge is 2.28. The summed E-state index contributed by atoms with van der Waals surface area (Å²) in [6, 6.07) is 9.44. The largest absolute Gasteiger partial charge is 0.470 e. The lowest BCUT2D eigenvalue weighted by Crippen LogP contribution is -2.29. The third kappa shape index (κ3) is 1.64.